The van der Waals surface area contributed by atoms with E-state index in [0.717, 1.165) is 67.2 Å². The van der Waals surface area contributed by atoms with Crippen LogP contribution < -0.4 is 10.7 Å². The SMILES string of the molecule is Cc1c2n(c(NCC3CCCO3)cc1=O)CCc1cc(O)ccc1-2. The molecule has 0 saturated carbocycles. The van der Waals surface area contributed by atoms with Gasteiger partial charge < -0.3 is 19.7 Å². The molecule has 0 amide bonds. The van der Waals surface area contributed by atoms with Gasteiger partial charge in [0.15, 0.2) is 5.43 Å². The molecule has 126 valence electrons. The highest BCUT2D eigenvalue weighted by atomic mass is 16.5. The Morgan fingerprint density at radius 3 is 3.04 bits per heavy atom. The van der Waals surface area contributed by atoms with Crippen LogP contribution in [0.3, 0.4) is 0 Å². The van der Waals surface area contributed by atoms with Crippen LogP contribution in [0.4, 0.5) is 5.82 Å². The Hall–Kier alpha value is -2.27. The van der Waals surface area contributed by atoms with Gasteiger partial charge in [0.05, 0.1) is 11.8 Å². The molecule has 5 nitrogen and oxygen atoms in total. The van der Waals surface area contributed by atoms with E-state index in [1.807, 2.05) is 13.0 Å². The van der Waals surface area contributed by atoms with Crippen molar-refractivity contribution in [3.63, 3.8) is 0 Å². The first-order valence-corrected chi connectivity index (χ1v) is 8.55. The van der Waals surface area contributed by atoms with Gasteiger partial charge in [-0.3, -0.25) is 4.79 Å². The van der Waals surface area contributed by atoms with Crippen LogP contribution in [0.25, 0.3) is 11.3 Å². The normalized spacial score (nSPS) is 19.0. The number of phenolic OH excluding ortho intramolecular Hbond substituents is 1. The number of benzene rings is 1. The number of aromatic nitrogens is 1. The summed E-state index contributed by atoms with van der Waals surface area (Å²) in [6, 6.07) is 7.09. The highest BCUT2D eigenvalue weighted by Crippen LogP contribution is 2.34. The fourth-order valence-corrected chi connectivity index (χ4v) is 3.75. The van der Waals surface area contributed by atoms with Crippen molar-refractivity contribution in [2.75, 3.05) is 18.5 Å². The zero-order valence-electron chi connectivity index (χ0n) is 13.8. The number of hydrogen-bond acceptors (Lipinski definition) is 4. The number of anilines is 1. The Morgan fingerprint density at radius 1 is 1.38 bits per heavy atom. The van der Waals surface area contributed by atoms with Crippen molar-refractivity contribution in [3.05, 3.63) is 45.6 Å². The number of pyridine rings is 1. The summed E-state index contributed by atoms with van der Waals surface area (Å²) in [6.45, 7) is 4.22. The average molecular weight is 326 g/mol. The molecule has 0 spiro atoms. The Morgan fingerprint density at radius 2 is 2.25 bits per heavy atom. The second-order valence-corrected chi connectivity index (χ2v) is 6.63. The summed E-state index contributed by atoms with van der Waals surface area (Å²) < 4.78 is 7.85. The van der Waals surface area contributed by atoms with Gasteiger partial charge in [-0.05, 0) is 49.9 Å². The Kier molecular flexibility index (Phi) is 3.81. The minimum atomic E-state index is 0.0389. The van der Waals surface area contributed by atoms with Gasteiger partial charge in [-0.2, -0.15) is 0 Å². The second-order valence-electron chi connectivity index (χ2n) is 6.63. The van der Waals surface area contributed by atoms with E-state index >= 15 is 0 Å². The quantitative estimate of drug-likeness (QED) is 0.910. The molecule has 1 aromatic carbocycles. The molecule has 1 aromatic heterocycles. The predicted molar refractivity (Wildman–Crippen MR) is 93.7 cm³/mol. The third-order valence-corrected chi connectivity index (χ3v) is 5.04. The van der Waals surface area contributed by atoms with Crippen LogP contribution in [0.1, 0.15) is 24.0 Å². The summed E-state index contributed by atoms with van der Waals surface area (Å²) in [5, 5.41) is 13.1. The number of rotatable bonds is 3. The molecule has 1 saturated heterocycles. The van der Waals surface area contributed by atoms with Gasteiger partial charge in [0.1, 0.15) is 11.6 Å². The lowest BCUT2D eigenvalue weighted by Crippen LogP contribution is -2.26. The molecule has 2 aliphatic rings. The maximum Gasteiger partial charge on any atom is 0.187 e. The second kappa shape index (κ2) is 5.98. The first-order valence-electron chi connectivity index (χ1n) is 8.55. The molecule has 2 N–H and O–H groups in total. The summed E-state index contributed by atoms with van der Waals surface area (Å²) >= 11 is 0. The summed E-state index contributed by atoms with van der Waals surface area (Å²) in [5.41, 5.74) is 3.88. The maximum atomic E-state index is 12.5. The van der Waals surface area contributed by atoms with Gasteiger partial charge in [-0.15, -0.1) is 0 Å². The summed E-state index contributed by atoms with van der Waals surface area (Å²) in [6.07, 6.45) is 3.24. The van der Waals surface area contributed by atoms with Crippen LogP contribution in [0, 0.1) is 6.92 Å². The predicted octanol–water partition coefficient (Wildman–Crippen LogP) is 2.68. The number of phenols is 1. The smallest absolute Gasteiger partial charge is 0.187 e. The van der Waals surface area contributed by atoms with E-state index in [1.54, 1.807) is 18.2 Å². The molecular weight excluding hydrogens is 304 g/mol. The number of aryl methyl sites for hydroxylation is 1. The lowest BCUT2D eigenvalue weighted by molar-refractivity contribution is 0.120. The molecule has 0 aliphatic carbocycles. The van der Waals surface area contributed by atoms with Crippen molar-refractivity contribution in [2.24, 2.45) is 0 Å². The van der Waals surface area contributed by atoms with Gasteiger partial charge in [-0.25, -0.2) is 0 Å². The van der Waals surface area contributed by atoms with E-state index in [2.05, 4.69) is 9.88 Å². The van der Waals surface area contributed by atoms with Crippen molar-refractivity contribution in [3.8, 4) is 17.0 Å². The molecule has 2 aliphatic heterocycles. The Balaban J connectivity index is 1.75. The van der Waals surface area contributed by atoms with Gasteiger partial charge in [0.2, 0.25) is 0 Å². The third-order valence-electron chi connectivity index (χ3n) is 5.04. The minimum Gasteiger partial charge on any atom is -0.508 e. The van der Waals surface area contributed by atoms with Gasteiger partial charge in [-0.1, -0.05) is 0 Å². The van der Waals surface area contributed by atoms with Crippen LogP contribution >= 0.6 is 0 Å². The molecule has 0 bridgehead atoms. The number of nitrogens with zero attached hydrogens (tertiary/aromatic N) is 1. The molecule has 1 unspecified atom stereocenters. The standard InChI is InChI=1S/C19H22N2O3/c1-12-17(23)10-18(20-11-15-3-2-8-24-15)21-7-6-13-9-14(22)4-5-16(13)19(12)21/h4-5,9-10,15,20,22H,2-3,6-8,11H2,1H3. The Labute approximate surface area is 140 Å². The molecule has 4 rings (SSSR count). The first kappa shape index (κ1) is 15.3. The molecule has 3 heterocycles. The van der Waals surface area contributed by atoms with Gasteiger partial charge >= 0.3 is 0 Å². The third kappa shape index (κ3) is 2.59. The lowest BCUT2D eigenvalue weighted by Gasteiger charge is -2.27. The van der Waals surface area contributed by atoms with Crippen molar-refractivity contribution < 1.29 is 9.84 Å². The van der Waals surface area contributed by atoms with E-state index in [0.29, 0.717) is 0 Å². The lowest BCUT2D eigenvalue weighted by atomic mass is 9.94. The summed E-state index contributed by atoms with van der Waals surface area (Å²) in [5.74, 6) is 1.13. The van der Waals surface area contributed by atoms with Crippen LogP contribution in [0.5, 0.6) is 5.75 Å². The van der Waals surface area contributed by atoms with E-state index in [9.17, 15) is 9.90 Å². The van der Waals surface area contributed by atoms with E-state index < -0.39 is 0 Å². The first-order chi connectivity index (χ1) is 11.6. The topological polar surface area (TPSA) is 63.5 Å². The maximum absolute atomic E-state index is 12.5. The fourth-order valence-electron chi connectivity index (χ4n) is 3.75. The molecule has 1 fully saturated rings. The minimum absolute atomic E-state index is 0.0389. The van der Waals surface area contributed by atoms with Crippen molar-refractivity contribution >= 4 is 5.82 Å². The zero-order valence-corrected chi connectivity index (χ0v) is 13.8. The highest BCUT2D eigenvalue weighted by Gasteiger charge is 2.22. The number of aromatic hydroxyl groups is 1. The number of ether oxygens (including phenoxy) is 1. The monoisotopic (exact) mass is 326 g/mol. The summed E-state index contributed by atoms with van der Waals surface area (Å²) in [4.78, 5) is 12.5. The largest absolute Gasteiger partial charge is 0.508 e. The molecule has 1 atom stereocenters. The molecular formula is C19H22N2O3. The molecule has 24 heavy (non-hydrogen) atoms. The van der Waals surface area contributed by atoms with Crippen LogP contribution in [0.15, 0.2) is 29.1 Å². The van der Waals surface area contributed by atoms with Gasteiger partial charge in [0.25, 0.3) is 0 Å². The number of fused-ring (bicyclic) bond motifs is 3. The van der Waals surface area contributed by atoms with Gasteiger partial charge in [0, 0.05) is 36.9 Å². The van der Waals surface area contributed by atoms with Crippen molar-refractivity contribution in [1.29, 1.82) is 0 Å². The van der Waals surface area contributed by atoms with E-state index in [1.165, 1.54) is 0 Å². The Bertz CT molecular complexity index is 835. The molecule has 0 radical (unpaired) electrons. The van der Waals surface area contributed by atoms with E-state index in [4.69, 9.17) is 4.74 Å². The van der Waals surface area contributed by atoms with Crippen molar-refractivity contribution in [1.82, 2.24) is 4.57 Å². The number of hydrogen-bond donors (Lipinski definition) is 2. The molecule has 2 aromatic rings. The number of nitrogens with one attached hydrogen (secondary N) is 1. The zero-order chi connectivity index (χ0) is 16.7. The van der Waals surface area contributed by atoms with Crippen LogP contribution in [0.2, 0.25) is 0 Å². The molecule has 5 heteroatoms. The summed E-state index contributed by atoms with van der Waals surface area (Å²) in [7, 11) is 0. The average Bonchev–Trinajstić information content (AvgIpc) is 3.09. The fraction of sp³-hybridized carbons (Fsp3) is 0.421. The van der Waals surface area contributed by atoms with Crippen LogP contribution in [-0.4, -0.2) is 28.9 Å². The van der Waals surface area contributed by atoms with Crippen LogP contribution in [-0.2, 0) is 17.7 Å². The van der Waals surface area contributed by atoms with E-state index in [-0.39, 0.29) is 17.3 Å². The van der Waals surface area contributed by atoms with Crippen molar-refractivity contribution in [2.45, 2.75) is 38.8 Å². The highest BCUT2D eigenvalue weighted by molar-refractivity contribution is 5.72.